The molecule has 0 unspecified atom stereocenters. The average Bonchev–Trinajstić information content (AvgIpc) is 3.34. The Morgan fingerprint density at radius 1 is 0.714 bits per heavy atom. The van der Waals surface area contributed by atoms with Gasteiger partial charge in [0.15, 0.2) is 0 Å². The summed E-state index contributed by atoms with van der Waals surface area (Å²) in [5.74, 6) is 0. The van der Waals surface area contributed by atoms with Crippen molar-refractivity contribution in [1.82, 2.24) is 9.13 Å². The fraction of sp³-hybridized carbons (Fsp3) is 0.273. The van der Waals surface area contributed by atoms with Gasteiger partial charge >= 0.3 is 26.2 Å². The van der Waals surface area contributed by atoms with E-state index in [9.17, 15) is 0 Å². The number of hydrogen-bond donors (Lipinski definition) is 0. The van der Waals surface area contributed by atoms with Crippen molar-refractivity contribution in [3.8, 4) is 0 Å². The van der Waals surface area contributed by atoms with E-state index < -0.39 is 0 Å². The number of hydrogen-bond acceptors (Lipinski definition) is 2. The molecule has 0 atom stereocenters. The number of allylic oxidation sites excluding steroid dienone is 8. The zero-order valence-corrected chi connectivity index (χ0v) is 21.9. The summed E-state index contributed by atoms with van der Waals surface area (Å²) in [5.41, 5.74) is 0. The van der Waals surface area contributed by atoms with Gasteiger partial charge in [0.2, 0.25) is 9.84 Å². The van der Waals surface area contributed by atoms with Gasteiger partial charge in [-0.2, -0.15) is 12.2 Å². The fourth-order valence-corrected chi connectivity index (χ4v) is 3.35. The molecule has 153 valence electrons. The first kappa shape index (κ1) is 35.0. The molecule has 0 heterocycles. The minimum absolute atomic E-state index is 0. The van der Waals surface area contributed by atoms with Gasteiger partial charge in [-0.1, -0.05) is 24.3 Å². The predicted octanol–water partition coefficient (Wildman–Crippen LogP) is 5.05. The maximum absolute atomic E-state index is 3.76. The van der Waals surface area contributed by atoms with Gasteiger partial charge in [-0.25, -0.2) is 24.3 Å². The van der Waals surface area contributed by atoms with Gasteiger partial charge in [-0.15, -0.1) is 64.0 Å². The van der Waals surface area contributed by atoms with Gasteiger partial charge in [0.25, 0.3) is 0 Å². The summed E-state index contributed by atoms with van der Waals surface area (Å²) >= 11 is 0. The van der Waals surface area contributed by atoms with Crippen molar-refractivity contribution in [2.75, 3.05) is 26.2 Å². The van der Waals surface area contributed by atoms with Gasteiger partial charge < -0.3 is 9.13 Å². The second-order valence-electron chi connectivity index (χ2n) is 5.18. The number of rotatable bonds is 10. The molecule has 0 saturated carbocycles. The van der Waals surface area contributed by atoms with E-state index in [2.05, 4.69) is 59.8 Å². The van der Waals surface area contributed by atoms with Gasteiger partial charge in [0, 0.05) is 26.2 Å². The molecule has 0 N–H and O–H groups in total. The maximum atomic E-state index is 3.76. The molecule has 0 aromatic rings. The smallest absolute Gasteiger partial charge is 0.307 e. The Morgan fingerprint density at radius 3 is 1.18 bits per heavy atom. The summed E-state index contributed by atoms with van der Waals surface area (Å²) in [6.07, 6.45) is 27.7. The third-order valence-corrected chi connectivity index (χ3v) is 4.45. The second kappa shape index (κ2) is 28.7. The van der Waals surface area contributed by atoms with Gasteiger partial charge in [-0.3, -0.25) is 12.2 Å². The van der Waals surface area contributed by atoms with Crippen molar-refractivity contribution < 1.29 is 26.2 Å². The Bertz CT molecular complexity index is 419. The van der Waals surface area contributed by atoms with Crippen LogP contribution in [0, 0.1) is 12.2 Å². The zero-order valence-electron chi connectivity index (χ0n) is 16.6. The minimum Gasteiger partial charge on any atom is -0.307 e. The van der Waals surface area contributed by atoms with E-state index in [4.69, 9.17) is 0 Å². The molecule has 2 rings (SSSR count). The van der Waals surface area contributed by atoms with E-state index in [0.717, 1.165) is 39.0 Å². The predicted molar refractivity (Wildman–Crippen MR) is 129 cm³/mol. The summed E-state index contributed by atoms with van der Waals surface area (Å²) < 4.78 is 4.68. The first-order valence-electron chi connectivity index (χ1n) is 8.48. The Labute approximate surface area is 207 Å². The van der Waals surface area contributed by atoms with Crippen LogP contribution in [0.25, 0.3) is 0 Å². The van der Waals surface area contributed by atoms with Crippen LogP contribution in [0.1, 0.15) is 12.8 Å². The second-order valence-corrected chi connectivity index (χ2v) is 6.88. The summed E-state index contributed by atoms with van der Waals surface area (Å²) in [6, 6.07) is 0. The van der Waals surface area contributed by atoms with E-state index in [1.54, 1.807) is 0 Å². The molecule has 0 amide bonds. The van der Waals surface area contributed by atoms with Crippen LogP contribution >= 0.6 is 24.8 Å². The normalized spacial score (nSPS) is 11.8. The molecule has 0 saturated heterocycles. The molecule has 0 aromatic heterocycles. The Balaban J connectivity index is -0.000000181. The van der Waals surface area contributed by atoms with Crippen molar-refractivity contribution in [2.24, 2.45) is 0 Å². The van der Waals surface area contributed by atoms with Crippen LogP contribution in [-0.4, -0.2) is 45.2 Å². The van der Waals surface area contributed by atoms with E-state index >= 15 is 0 Å². The average molecular weight is 516 g/mol. The molecule has 0 spiro atoms. The van der Waals surface area contributed by atoms with E-state index in [0.29, 0.717) is 0 Å². The van der Waals surface area contributed by atoms with Gasteiger partial charge in [0.1, 0.15) is 0 Å². The molecular formula is C22H33Cl2N2SiZr. The molecule has 2 nitrogen and oxygen atoms in total. The molecule has 2 aliphatic rings. The largest absolute Gasteiger partial charge is 2.00 e. The first-order chi connectivity index (χ1) is 12.3. The minimum atomic E-state index is 0. The van der Waals surface area contributed by atoms with Crippen LogP contribution in [-0.2, 0) is 26.2 Å². The molecule has 1 radical (unpaired) electrons. The third-order valence-electron chi connectivity index (χ3n) is 2.95. The summed E-state index contributed by atoms with van der Waals surface area (Å²) in [5, 5.41) is 0. The third kappa shape index (κ3) is 23.6. The van der Waals surface area contributed by atoms with Crippen LogP contribution in [0.5, 0.6) is 0 Å². The van der Waals surface area contributed by atoms with Crippen molar-refractivity contribution in [2.45, 2.75) is 12.8 Å². The molecule has 28 heavy (non-hydrogen) atoms. The summed E-state index contributed by atoms with van der Waals surface area (Å²) in [4.78, 5) is 0. The molecule has 2 aliphatic carbocycles. The standard InChI is InChI=1S/C12H21N2Si.2C5H5.2ClH.Zr/c1-5-9-13(10-6-2)15-14(11-7-3)12-8-4;2*1-2-4-5-3-1;;;/h5-8,15H,1-4,9-12H2;2*1-3H,4H2;2*1H;/q;2*-1;;;+2. The van der Waals surface area contributed by atoms with Gasteiger partial charge in [-0.05, 0) is 0 Å². The fourth-order valence-electron chi connectivity index (χ4n) is 1.91. The molecule has 0 bridgehead atoms. The van der Waals surface area contributed by atoms with Gasteiger partial charge in [0.05, 0.1) is 0 Å². The Kier molecular flexibility index (Phi) is 35.9. The monoisotopic (exact) mass is 513 g/mol. The Morgan fingerprint density at radius 2 is 1.04 bits per heavy atom. The summed E-state index contributed by atoms with van der Waals surface area (Å²) in [6.45, 7) is 18.7. The molecule has 0 aromatic carbocycles. The molecular weight excluding hydrogens is 482 g/mol. The molecule has 0 aliphatic heterocycles. The SMILES string of the molecule is C=CCN(CC=C)[SiH]N(CC=C)CC=C.Cl.Cl.[C-]1=CC=CC1.[C-]1=CC=CC1.[Zr+2]. The number of nitrogens with zero attached hydrogens (tertiary/aromatic N) is 2. The first-order valence-corrected chi connectivity index (χ1v) is 9.51. The zero-order chi connectivity index (χ0) is 18.6. The van der Waals surface area contributed by atoms with Crippen molar-refractivity contribution >= 4 is 34.7 Å². The van der Waals surface area contributed by atoms with Crippen molar-refractivity contribution in [3.63, 3.8) is 0 Å². The van der Waals surface area contributed by atoms with Crippen LogP contribution in [0.4, 0.5) is 0 Å². The molecule has 0 fully saturated rings. The van der Waals surface area contributed by atoms with E-state index in [1.807, 2.05) is 48.6 Å². The van der Waals surface area contributed by atoms with Crippen LogP contribution in [0.15, 0.2) is 87.1 Å². The van der Waals surface area contributed by atoms with E-state index in [1.165, 1.54) is 0 Å². The van der Waals surface area contributed by atoms with Crippen molar-refractivity contribution in [3.05, 3.63) is 99.2 Å². The topological polar surface area (TPSA) is 6.48 Å². The number of halogens is 2. The van der Waals surface area contributed by atoms with Crippen LogP contribution in [0.2, 0.25) is 0 Å². The molecule has 6 heteroatoms. The quantitative estimate of drug-likeness (QED) is 0.228. The van der Waals surface area contributed by atoms with E-state index in [-0.39, 0.29) is 60.9 Å². The summed E-state index contributed by atoms with van der Waals surface area (Å²) in [7, 11) is 0.100. The maximum Gasteiger partial charge on any atom is 2.00 e. The Hall–Kier alpha value is -0.480. The van der Waals surface area contributed by atoms with Crippen molar-refractivity contribution in [1.29, 1.82) is 0 Å². The van der Waals surface area contributed by atoms with Crippen LogP contribution < -0.4 is 0 Å². The van der Waals surface area contributed by atoms with Crippen LogP contribution in [0.3, 0.4) is 0 Å².